The minimum absolute atomic E-state index is 0.279. The summed E-state index contributed by atoms with van der Waals surface area (Å²) in [6.07, 6.45) is 1.86. The van der Waals surface area contributed by atoms with Gasteiger partial charge in [-0.2, -0.15) is 0 Å². The number of nitrogens with zero attached hydrogens (tertiary/aromatic N) is 3. The van der Waals surface area contributed by atoms with Crippen molar-refractivity contribution < 1.29 is 0 Å². The van der Waals surface area contributed by atoms with Crippen LogP contribution in [0.15, 0.2) is 23.4 Å². The van der Waals surface area contributed by atoms with E-state index in [1.807, 2.05) is 25.3 Å². The quantitative estimate of drug-likeness (QED) is 0.390. The summed E-state index contributed by atoms with van der Waals surface area (Å²) in [5.74, 6) is 0.279. The maximum Gasteiger partial charge on any atom is 0.0338 e. The Balaban J connectivity index is 2.55. The molecule has 1 rings (SSSR count). The van der Waals surface area contributed by atoms with Crippen LogP contribution in [0.1, 0.15) is 18.5 Å². The zero-order valence-corrected chi connectivity index (χ0v) is 6.36. The largest absolute Gasteiger partial charge is 0.365 e. The lowest BCUT2D eigenvalue weighted by Gasteiger charge is -2.03. The Labute approximate surface area is 64.9 Å². The lowest BCUT2D eigenvalue weighted by atomic mass is 10.1. The highest BCUT2D eigenvalue weighted by molar-refractivity contribution is 5.09. The molecule has 0 spiro atoms. The number of aromatic nitrogens is 1. The van der Waals surface area contributed by atoms with Crippen LogP contribution in [-0.4, -0.2) is 11.5 Å². The molecule has 0 aliphatic heterocycles. The van der Waals surface area contributed by atoms with E-state index in [1.54, 1.807) is 0 Å². The van der Waals surface area contributed by atoms with Gasteiger partial charge in [-0.05, 0) is 17.7 Å². The second kappa shape index (κ2) is 3.68. The van der Waals surface area contributed by atoms with Crippen molar-refractivity contribution in [3.8, 4) is 0 Å². The molecule has 0 radical (unpaired) electrons. The van der Waals surface area contributed by atoms with Crippen LogP contribution >= 0.6 is 0 Å². The van der Waals surface area contributed by atoms with Crippen LogP contribution in [-0.2, 0) is 0 Å². The second-order valence-corrected chi connectivity index (χ2v) is 2.44. The smallest absolute Gasteiger partial charge is 0.0338 e. The summed E-state index contributed by atoms with van der Waals surface area (Å²) in [6.45, 7) is 2.53. The van der Waals surface area contributed by atoms with Gasteiger partial charge in [0.2, 0.25) is 0 Å². The predicted molar refractivity (Wildman–Crippen MR) is 43.2 cm³/mol. The molecule has 1 heterocycles. The van der Waals surface area contributed by atoms with Crippen molar-refractivity contribution in [3.05, 3.63) is 34.5 Å². The maximum absolute atomic E-state index is 8.06. The van der Waals surface area contributed by atoms with Crippen LogP contribution in [0.2, 0.25) is 0 Å². The summed E-state index contributed by atoms with van der Waals surface area (Å²) in [5.41, 5.74) is 9.17. The van der Waals surface area contributed by atoms with E-state index in [1.165, 1.54) is 0 Å². The predicted octanol–water partition coefficient (Wildman–Crippen LogP) is 2.43. The molecule has 4 heteroatoms. The van der Waals surface area contributed by atoms with Crippen molar-refractivity contribution in [2.45, 2.75) is 12.8 Å². The molecule has 4 nitrogen and oxygen atoms in total. The van der Waals surface area contributed by atoms with Crippen molar-refractivity contribution in [2.75, 3.05) is 6.54 Å². The molecule has 0 amide bonds. The molecule has 0 bridgehead atoms. The molecule has 1 unspecified atom stereocenters. The number of nitrogens with one attached hydrogen (secondary N) is 1. The van der Waals surface area contributed by atoms with E-state index < -0.39 is 0 Å². The van der Waals surface area contributed by atoms with Crippen LogP contribution in [0.5, 0.6) is 0 Å². The number of hydrogen-bond donors (Lipinski definition) is 1. The van der Waals surface area contributed by atoms with Crippen molar-refractivity contribution in [1.82, 2.24) is 4.98 Å². The number of azide groups is 1. The first-order valence-corrected chi connectivity index (χ1v) is 3.48. The number of hydrogen-bond acceptors (Lipinski definition) is 1. The summed E-state index contributed by atoms with van der Waals surface area (Å²) in [7, 11) is 0. The van der Waals surface area contributed by atoms with E-state index in [0.717, 1.165) is 5.69 Å². The topological polar surface area (TPSA) is 64.6 Å². The first-order chi connectivity index (χ1) is 5.34. The number of H-pyrrole nitrogens is 1. The van der Waals surface area contributed by atoms with Crippen LogP contribution in [0, 0.1) is 0 Å². The molecule has 0 fully saturated rings. The van der Waals surface area contributed by atoms with E-state index >= 15 is 0 Å². The highest BCUT2D eigenvalue weighted by Gasteiger charge is 2.02. The molecule has 0 saturated heterocycles. The van der Waals surface area contributed by atoms with Gasteiger partial charge in [0.15, 0.2) is 0 Å². The molecule has 1 aromatic heterocycles. The summed E-state index contributed by atoms with van der Waals surface area (Å²) in [5, 5.41) is 3.49. The first kappa shape index (κ1) is 7.69. The second-order valence-electron chi connectivity index (χ2n) is 2.44. The molecule has 0 saturated carbocycles. The number of rotatable bonds is 3. The molecule has 1 atom stereocenters. The van der Waals surface area contributed by atoms with Crippen molar-refractivity contribution in [2.24, 2.45) is 5.11 Å². The molecule has 1 aromatic rings. The van der Waals surface area contributed by atoms with Gasteiger partial charge in [0.1, 0.15) is 0 Å². The molecular formula is C7H10N4. The molecule has 58 valence electrons. The number of aromatic amines is 1. The van der Waals surface area contributed by atoms with Crippen molar-refractivity contribution >= 4 is 0 Å². The van der Waals surface area contributed by atoms with E-state index in [2.05, 4.69) is 15.0 Å². The normalized spacial score (nSPS) is 12.1. The first-order valence-electron chi connectivity index (χ1n) is 3.48. The Hall–Kier alpha value is -1.41. The fraction of sp³-hybridized carbons (Fsp3) is 0.429. The Kier molecular flexibility index (Phi) is 2.58. The van der Waals surface area contributed by atoms with Crippen LogP contribution in [0.3, 0.4) is 0 Å². The lowest BCUT2D eigenvalue weighted by molar-refractivity contribution is 0.747. The molecule has 11 heavy (non-hydrogen) atoms. The third kappa shape index (κ3) is 2.02. The SMILES string of the molecule is CC(CN=[N+]=[N-])c1ccc[nH]1. The van der Waals surface area contributed by atoms with Crippen LogP contribution in [0.25, 0.3) is 10.4 Å². The van der Waals surface area contributed by atoms with Gasteiger partial charge in [0.05, 0.1) is 0 Å². The monoisotopic (exact) mass is 150 g/mol. The fourth-order valence-electron chi connectivity index (χ4n) is 0.908. The van der Waals surface area contributed by atoms with Gasteiger partial charge in [0, 0.05) is 29.3 Å². The Morgan fingerprint density at radius 2 is 2.64 bits per heavy atom. The molecule has 0 aliphatic carbocycles. The van der Waals surface area contributed by atoms with Gasteiger partial charge in [0.25, 0.3) is 0 Å². The van der Waals surface area contributed by atoms with Crippen molar-refractivity contribution in [3.63, 3.8) is 0 Å². The highest BCUT2D eigenvalue weighted by atomic mass is 15.1. The molecule has 0 aromatic carbocycles. The van der Waals surface area contributed by atoms with Crippen molar-refractivity contribution in [1.29, 1.82) is 0 Å². The summed E-state index contributed by atoms with van der Waals surface area (Å²) in [4.78, 5) is 5.76. The summed E-state index contributed by atoms with van der Waals surface area (Å²) < 4.78 is 0. The van der Waals surface area contributed by atoms with Gasteiger partial charge >= 0.3 is 0 Å². The minimum atomic E-state index is 0.279. The Morgan fingerprint density at radius 1 is 1.82 bits per heavy atom. The maximum atomic E-state index is 8.06. The summed E-state index contributed by atoms with van der Waals surface area (Å²) >= 11 is 0. The van der Waals surface area contributed by atoms with E-state index in [9.17, 15) is 0 Å². The van der Waals surface area contributed by atoms with E-state index in [-0.39, 0.29) is 5.92 Å². The van der Waals surface area contributed by atoms with E-state index in [0.29, 0.717) is 6.54 Å². The van der Waals surface area contributed by atoms with Gasteiger partial charge in [-0.3, -0.25) is 0 Å². The van der Waals surface area contributed by atoms with Gasteiger partial charge < -0.3 is 4.98 Å². The van der Waals surface area contributed by atoms with Gasteiger partial charge in [-0.1, -0.05) is 12.0 Å². The zero-order valence-electron chi connectivity index (χ0n) is 6.36. The Morgan fingerprint density at radius 3 is 3.18 bits per heavy atom. The minimum Gasteiger partial charge on any atom is -0.365 e. The molecule has 0 aliphatic rings. The highest BCUT2D eigenvalue weighted by Crippen LogP contribution is 2.11. The average molecular weight is 150 g/mol. The lowest BCUT2D eigenvalue weighted by Crippen LogP contribution is -1.96. The van der Waals surface area contributed by atoms with Gasteiger partial charge in [-0.25, -0.2) is 0 Å². The Bertz CT molecular complexity index is 245. The fourth-order valence-corrected chi connectivity index (χ4v) is 0.908. The van der Waals surface area contributed by atoms with Crippen LogP contribution in [0.4, 0.5) is 0 Å². The third-order valence-corrected chi connectivity index (χ3v) is 1.57. The third-order valence-electron chi connectivity index (χ3n) is 1.57. The summed E-state index contributed by atoms with van der Waals surface area (Å²) in [6, 6.07) is 3.92. The molecular weight excluding hydrogens is 140 g/mol. The standard InChI is InChI=1S/C7H10N4/c1-6(5-10-11-8)7-3-2-4-9-7/h2-4,6,9H,5H2,1H3. The molecule has 1 N–H and O–H groups in total. The van der Waals surface area contributed by atoms with Crippen LogP contribution < -0.4 is 0 Å². The zero-order chi connectivity index (χ0) is 8.10. The van der Waals surface area contributed by atoms with E-state index in [4.69, 9.17) is 5.53 Å². The average Bonchev–Trinajstić information content (AvgIpc) is 2.52. The van der Waals surface area contributed by atoms with Gasteiger partial charge in [-0.15, -0.1) is 0 Å².